The summed E-state index contributed by atoms with van der Waals surface area (Å²) < 4.78 is 5.40. The van der Waals surface area contributed by atoms with Crippen LogP contribution in [0.4, 0.5) is 0 Å². The van der Waals surface area contributed by atoms with Gasteiger partial charge in [0.05, 0.1) is 29.0 Å². The molecule has 7 heteroatoms. The molecule has 5 nitrogen and oxygen atoms in total. The van der Waals surface area contributed by atoms with E-state index >= 15 is 0 Å². The molecule has 1 amide bonds. The Morgan fingerprint density at radius 3 is 2.60 bits per heavy atom. The van der Waals surface area contributed by atoms with Crippen LogP contribution in [-0.4, -0.2) is 41.6 Å². The zero-order valence-electron chi connectivity index (χ0n) is 10.5. The lowest BCUT2D eigenvalue weighted by Crippen LogP contribution is -2.53. The molecular formula is C13H13Cl2NO4. The van der Waals surface area contributed by atoms with Crippen molar-refractivity contribution in [3.63, 3.8) is 0 Å². The lowest BCUT2D eigenvalue weighted by atomic mass is 10.0. The van der Waals surface area contributed by atoms with Gasteiger partial charge in [-0.05, 0) is 12.1 Å². The van der Waals surface area contributed by atoms with Crippen LogP contribution in [0.5, 0.6) is 5.75 Å². The van der Waals surface area contributed by atoms with Crippen molar-refractivity contribution in [1.82, 2.24) is 4.90 Å². The lowest BCUT2D eigenvalue weighted by molar-refractivity contribution is -0.152. The number of rotatable bonds is 5. The third-order valence-electron chi connectivity index (χ3n) is 3.06. The van der Waals surface area contributed by atoms with E-state index in [0.717, 1.165) is 0 Å². The van der Waals surface area contributed by atoms with Gasteiger partial charge in [0.1, 0.15) is 5.75 Å². The molecule has 1 fully saturated rings. The summed E-state index contributed by atoms with van der Waals surface area (Å²) in [6, 6.07) is 4.87. The molecule has 0 atom stereocenters. The minimum absolute atomic E-state index is 0.109. The predicted octanol–water partition coefficient (Wildman–Crippen LogP) is 2.31. The van der Waals surface area contributed by atoms with Gasteiger partial charge in [-0.15, -0.1) is 0 Å². The highest BCUT2D eigenvalue weighted by atomic mass is 35.5. The van der Waals surface area contributed by atoms with Crippen LogP contribution in [0.3, 0.4) is 0 Å². The third kappa shape index (κ3) is 3.55. The number of carboxylic acid groups (broad SMARTS) is 1. The van der Waals surface area contributed by atoms with Crippen molar-refractivity contribution in [2.45, 2.75) is 6.42 Å². The first-order valence-corrected chi connectivity index (χ1v) is 6.81. The molecule has 0 spiro atoms. The summed E-state index contributed by atoms with van der Waals surface area (Å²) in [5, 5.41) is 9.55. The van der Waals surface area contributed by atoms with Crippen molar-refractivity contribution in [3.05, 3.63) is 28.2 Å². The molecule has 0 bridgehead atoms. The molecular weight excluding hydrogens is 305 g/mol. The van der Waals surface area contributed by atoms with E-state index in [1.807, 2.05) is 0 Å². The summed E-state index contributed by atoms with van der Waals surface area (Å²) >= 11 is 11.6. The van der Waals surface area contributed by atoms with Gasteiger partial charge in [-0.3, -0.25) is 9.59 Å². The van der Waals surface area contributed by atoms with Crippen LogP contribution in [-0.2, 0) is 9.59 Å². The Balaban J connectivity index is 1.72. The number of halogens is 2. The summed E-state index contributed by atoms with van der Waals surface area (Å²) in [5.74, 6) is -0.863. The summed E-state index contributed by atoms with van der Waals surface area (Å²) in [7, 11) is 0. The zero-order chi connectivity index (χ0) is 14.7. The van der Waals surface area contributed by atoms with Crippen molar-refractivity contribution in [1.29, 1.82) is 0 Å². The number of hydrogen-bond acceptors (Lipinski definition) is 3. The third-order valence-corrected chi connectivity index (χ3v) is 3.80. The highest BCUT2D eigenvalue weighted by Crippen LogP contribution is 2.26. The molecule has 0 aliphatic carbocycles. The van der Waals surface area contributed by atoms with Gasteiger partial charge >= 0.3 is 5.97 Å². The van der Waals surface area contributed by atoms with Crippen molar-refractivity contribution in [2.24, 2.45) is 5.92 Å². The number of likely N-dealkylation sites (tertiary alicyclic amines) is 1. The van der Waals surface area contributed by atoms with E-state index in [9.17, 15) is 9.59 Å². The summed E-state index contributed by atoms with van der Waals surface area (Å²) in [5.41, 5.74) is 0. The van der Waals surface area contributed by atoms with Crippen LogP contribution < -0.4 is 4.74 Å². The summed E-state index contributed by atoms with van der Waals surface area (Å²) in [6.07, 6.45) is 0.201. The molecule has 1 heterocycles. The van der Waals surface area contributed by atoms with Crippen molar-refractivity contribution in [2.75, 3.05) is 19.7 Å². The van der Waals surface area contributed by atoms with Gasteiger partial charge in [-0.2, -0.15) is 0 Å². The maximum absolute atomic E-state index is 11.7. The van der Waals surface area contributed by atoms with Crippen molar-refractivity contribution in [3.8, 4) is 5.75 Å². The van der Waals surface area contributed by atoms with E-state index in [4.69, 9.17) is 33.0 Å². The Morgan fingerprint density at radius 1 is 1.30 bits per heavy atom. The first-order valence-electron chi connectivity index (χ1n) is 6.06. The summed E-state index contributed by atoms with van der Waals surface area (Å²) in [6.45, 7) is 0.771. The second-order valence-electron chi connectivity index (χ2n) is 4.51. The van der Waals surface area contributed by atoms with Crippen LogP contribution >= 0.6 is 23.2 Å². The number of aliphatic carboxylic acids is 1. The molecule has 2 rings (SSSR count). The number of benzene rings is 1. The number of ether oxygens (including phenoxy) is 1. The minimum Gasteiger partial charge on any atom is -0.493 e. The van der Waals surface area contributed by atoms with Crippen molar-refractivity contribution >= 4 is 35.1 Å². The van der Waals surface area contributed by atoms with Gasteiger partial charge in [0.15, 0.2) is 0 Å². The van der Waals surface area contributed by atoms with Gasteiger partial charge < -0.3 is 14.7 Å². The number of amides is 1. The van der Waals surface area contributed by atoms with E-state index < -0.39 is 11.9 Å². The van der Waals surface area contributed by atoms with Crippen LogP contribution in [0, 0.1) is 5.92 Å². The smallest absolute Gasteiger partial charge is 0.310 e. The molecule has 1 aliphatic rings. The van der Waals surface area contributed by atoms with Crippen LogP contribution in [0.2, 0.25) is 10.0 Å². The standard InChI is InChI=1S/C13H13Cl2NO4/c14-10-2-1-9(5-11(10)15)20-4-3-12(17)16-6-8(7-16)13(18)19/h1-2,5,8H,3-4,6-7H2,(H,18,19). The molecule has 0 aromatic heterocycles. The minimum atomic E-state index is -0.860. The van der Waals surface area contributed by atoms with Crippen LogP contribution in [0.1, 0.15) is 6.42 Å². The molecule has 20 heavy (non-hydrogen) atoms. The Hall–Kier alpha value is -1.46. The SMILES string of the molecule is O=C(O)C1CN(C(=O)CCOc2ccc(Cl)c(Cl)c2)C1. The monoisotopic (exact) mass is 317 g/mol. The largest absolute Gasteiger partial charge is 0.493 e. The molecule has 1 aliphatic heterocycles. The fourth-order valence-corrected chi connectivity index (χ4v) is 2.11. The van der Waals surface area contributed by atoms with E-state index in [-0.39, 0.29) is 32.0 Å². The van der Waals surface area contributed by atoms with Gasteiger partial charge in [-0.25, -0.2) is 0 Å². The van der Waals surface area contributed by atoms with Crippen molar-refractivity contribution < 1.29 is 19.4 Å². The topological polar surface area (TPSA) is 66.8 Å². The highest BCUT2D eigenvalue weighted by Gasteiger charge is 2.35. The number of carbonyl (C=O) groups is 2. The molecule has 1 N–H and O–H groups in total. The van der Waals surface area contributed by atoms with E-state index in [1.54, 1.807) is 18.2 Å². The fourth-order valence-electron chi connectivity index (χ4n) is 1.82. The average molecular weight is 318 g/mol. The molecule has 0 saturated carbocycles. The second kappa shape index (κ2) is 6.33. The molecule has 108 valence electrons. The second-order valence-corrected chi connectivity index (χ2v) is 5.32. The van der Waals surface area contributed by atoms with Gasteiger partial charge in [0.2, 0.25) is 5.91 Å². The Morgan fingerprint density at radius 2 is 2.00 bits per heavy atom. The Bertz CT molecular complexity index is 529. The van der Waals surface area contributed by atoms with E-state index in [0.29, 0.717) is 15.8 Å². The first-order chi connectivity index (χ1) is 9.47. The number of nitrogens with zero attached hydrogens (tertiary/aromatic N) is 1. The maximum Gasteiger partial charge on any atom is 0.310 e. The van der Waals surface area contributed by atoms with Crippen LogP contribution in [0.25, 0.3) is 0 Å². The number of carboxylic acids is 1. The molecule has 1 aromatic rings. The van der Waals surface area contributed by atoms with E-state index in [2.05, 4.69) is 0 Å². The molecule has 0 unspecified atom stereocenters. The Labute approximate surface area is 126 Å². The fraction of sp³-hybridized carbons (Fsp3) is 0.385. The normalized spacial score (nSPS) is 14.8. The van der Waals surface area contributed by atoms with Gasteiger partial charge in [0.25, 0.3) is 0 Å². The maximum atomic E-state index is 11.7. The molecule has 1 aromatic carbocycles. The number of hydrogen-bond donors (Lipinski definition) is 1. The number of carbonyl (C=O) groups excluding carboxylic acids is 1. The van der Waals surface area contributed by atoms with Crippen LogP contribution in [0.15, 0.2) is 18.2 Å². The summed E-state index contributed by atoms with van der Waals surface area (Å²) in [4.78, 5) is 23.8. The molecule has 0 radical (unpaired) electrons. The predicted molar refractivity (Wildman–Crippen MR) is 74.3 cm³/mol. The average Bonchev–Trinajstić information content (AvgIpc) is 2.31. The lowest BCUT2D eigenvalue weighted by Gasteiger charge is -2.36. The first kappa shape index (κ1) is 14.9. The zero-order valence-corrected chi connectivity index (χ0v) is 12.0. The van der Waals surface area contributed by atoms with Gasteiger partial charge in [0, 0.05) is 19.2 Å². The molecule has 1 saturated heterocycles. The van der Waals surface area contributed by atoms with E-state index in [1.165, 1.54) is 4.90 Å². The van der Waals surface area contributed by atoms with Gasteiger partial charge in [-0.1, -0.05) is 23.2 Å². The quantitative estimate of drug-likeness (QED) is 0.905. The Kier molecular flexibility index (Phi) is 4.73. The highest BCUT2D eigenvalue weighted by molar-refractivity contribution is 6.42.